The second-order valence-corrected chi connectivity index (χ2v) is 7.20. The van der Waals surface area contributed by atoms with Gasteiger partial charge in [-0.3, -0.25) is 9.35 Å². The minimum Gasteiger partial charge on any atom is -0.506 e. The van der Waals surface area contributed by atoms with Gasteiger partial charge in [0.2, 0.25) is 0 Å². The molecule has 0 aliphatic heterocycles. The van der Waals surface area contributed by atoms with Gasteiger partial charge in [0.15, 0.2) is 0 Å². The predicted molar refractivity (Wildman–Crippen MR) is 99.0 cm³/mol. The lowest BCUT2D eigenvalue weighted by Gasteiger charge is -2.13. The fourth-order valence-electron chi connectivity index (χ4n) is 2.64. The topological polar surface area (TPSA) is 130 Å². The van der Waals surface area contributed by atoms with Crippen LogP contribution in [0.1, 0.15) is 15.9 Å². The average molecular weight is 372 g/mol. The average Bonchev–Trinajstić information content (AvgIpc) is 2.58. The van der Waals surface area contributed by atoms with Crippen molar-refractivity contribution in [3.63, 3.8) is 0 Å². The summed E-state index contributed by atoms with van der Waals surface area (Å²) in [4.78, 5) is 12.2. The number of phenols is 1. The summed E-state index contributed by atoms with van der Waals surface area (Å²) in [6.07, 6.45) is 0. The molecule has 5 N–H and O–H groups in total. The highest BCUT2D eigenvalue weighted by molar-refractivity contribution is 7.86. The van der Waals surface area contributed by atoms with Crippen molar-refractivity contribution in [3.8, 4) is 5.75 Å². The number of nitrogens with two attached hydrogens (primary N) is 1. The summed E-state index contributed by atoms with van der Waals surface area (Å²) in [6, 6.07) is 11.6. The normalized spacial score (nSPS) is 11.5. The first kappa shape index (κ1) is 17.7. The number of aromatic hydroxyl groups is 1. The van der Waals surface area contributed by atoms with Gasteiger partial charge in [0.05, 0.1) is 5.69 Å². The van der Waals surface area contributed by atoms with E-state index in [2.05, 4.69) is 5.32 Å². The minimum atomic E-state index is -4.46. The van der Waals surface area contributed by atoms with Crippen LogP contribution in [-0.4, -0.2) is 24.0 Å². The highest BCUT2D eigenvalue weighted by Crippen LogP contribution is 2.35. The van der Waals surface area contributed by atoms with Crippen molar-refractivity contribution in [2.24, 2.45) is 0 Å². The van der Waals surface area contributed by atoms with E-state index in [1.165, 1.54) is 36.4 Å². The maximum Gasteiger partial charge on any atom is 0.295 e. The summed E-state index contributed by atoms with van der Waals surface area (Å²) in [5.74, 6) is -0.754. The van der Waals surface area contributed by atoms with Crippen LogP contribution in [0.2, 0.25) is 0 Å². The third kappa shape index (κ3) is 3.19. The van der Waals surface area contributed by atoms with Crippen LogP contribution in [0, 0.1) is 6.92 Å². The number of rotatable bonds is 3. The number of carbonyl (C=O) groups excluding carboxylic acids is 1. The molecule has 8 heteroatoms. The van der Waals surface area contributed by atoms with Gasteiger partial charge in [-0.2, -0.15) is 8.42 Å². The van der Waals surface area contributed by atoms with E-state index < -0.39 is 16.0 Å². The van der Waals surface area contributed by atoms with Crippen LogP contribution in [0.4, 0.5) is 11.4 Å². The molecule has 0 atom stereocenters. The molecule has 0 spiro atoms. The summed E-state index contributed by atoms with van der Waals surface area (Å²) in [5, 5.41) is 13.2. The van der Waals surface area contributed by atoms with Gasteiger partial charge in [-0.1, -0.05) is 18.2 Å². The number of phenolic OH excluding ortho intramolecular Hbond substituents is 1. The second-order valence-electron chi connectivity index (χ2n) is 5.81. The van der Waals surface area contributed by atoms with Crippen molar-refractivity contribution < 1.29 is 22.9 Å². The predicted octanol–water partition coefficient (Wildman–Crippen LogP) is 2.94. The first-order valence-corrected chi connectivity index (χ1v) is 9.02. The van der Waals surface area contributed by atoms with E-state index in [1.807, 2.05) is 6.92 Å². The maximum atomic E-state index is 12.5. The zero-order chi connectivity index (χ0) is 19.1. The van der Waals surface area contributed by atoms with Gasteiger partial charge in [-0.25, -0.2) is 0 Å². The monoisotopic (exact) mass is 372 g/mol. The lowest BCUT2D eigenvalue weighted by molar-refractivity contribution is 0.102. The Bertz CT molecular complexity index is 1140. The van der Waals surface area contributed by atoms with Gasteiger partial charge in [-0.15, -0.1) is 0 Å². The van der Waals surface area contributed by atoms with E-state index in [0.29, 0.717) is 5.69 Å². The van der Waals surface area contributed by atoms with Gasteiger partial charge >= 0.3 is 0 Å². The van der Waals surface area contributed by atoms with Crippen molar-refractivity contribution in [2.45, 2.75) is 11.8 Å². The number of nitrogens with one attached hydrogen (secondary N) is 1. The zero-order valence-electron chi connectivity index (χ0n) is 13.7. The van der Waals surface area contributed by atoms with Crippen LogP contribution in [0.3, 0.4) is 0 Å². The molecule has 0 heterocycles. The van der Waals surface area contributed by atoms with E-state index in [9.17, 15) is 22.9 Å². The summed E-state index contributed by atoms with van der Waals surface area (Å²) in [5.41, 5.74) is 7.42. The fraction of sp³-hybridized carbons (Fsp3) is 0.0556. The molecule has 1 amide bonds. The van der Waals surface area contributed by atoms with Crippen LogP contribution < -0.4 is 11.1 Å². The van der Waals surface area contributed by atoms with Gasteiger partial charge in [-0.05, 0) is 42.8 Å². The Balaban J connectivity index is 2.11. The quantitative estimate of drug-likeness (QED) is 0.318. The highest BCUT2D eigenvalue weighted by Gasteiger charge is 2.18. The molecular formula is C18H16N2O5S. The van der Waals surface area contributed by atoms with E-state index >= 15 is 0 Å². The Labute approximate surface area is 149 Å². The molecule has 0 radical (unpaired) electrons. The summed E-state index contributed by atoms with van der Waals surface area (Å²) in [6.45, 7) is 1.81. The Kier molecular flexibility index (Phi) is 4.31. The van der Waals surface area contributed by atoms with Gasteiger partial charge < -0.3 is 16.2 Å². The number of hydrogen-bond acceptors (Lipinski definition) is 5. The molecule has 0 aromatic heterocycles. The molecule has 7 nitrogen and oxygen atoms in total. The molecule has 0 aliphatic carbocycles. The first-order valence-electron chi connectivity index (χ1n) is 7.58. The molecule has 0 unspecified atom stereocenters. The molecule has 3 aromatic carbocycles. The van der Waals surface area contributed by atoms with E-state index in [0.717, 1.165) is 5.56 Å². The summed E-state index contributed by atoms with van der Waals surface area (Å²) < 4.78 is 32.5. The molecular weight excluding hydrogens is 356 g/mol. The summed E-state index contributed by atoms with van der Waals surface area (Å²) in [7, 11) is -4.46. The molecule has 0 bridgehead atoms. The van der Waals surface area contributed by atoms with E-state index in [1.54, 1.807) is 12.1 Å². The lowest BCUT2D eigenvalue weighted by Crippen LogP contribution is -2.13. The van der Waals surface area contributed by atoms with E-state index in [4.69, 9.17) is 5.73 Å². The van der Waals surface area contributed by atoms with Crippen LogP contribution in [0.25, 0.3) is 10.8 Å². The standard InChI is InChI=1S/C18H16N2O5S/c1-10-5-6-11(9-14(10)19)18(22)20-17-13-3-2-4-16(26(23,24)25)12(13)7-8-15(17)21/h2-9,21H,19H2,1H3,(H,20,22)(H,23,24,25). The van der Waals surface area contributed by atoms with Gasteiger partial charge in [0.25, 0.3) is 16.0 Å². The van der Waals surface area contributed by atoms with Crippen molar-refractivity contribution in [1.82, 2.24) is 0 Å². The number of amides is 1. The maximum absolute atomic E-state index is 12.5. The number of anilines is 2. The Morgan fingerprint density at radius 3 is 2.46 bits per heavy atom. The number of hydrogen-bond donors (Lipinski definition) is 4. The lowest BCUT2D eigenvalue weighted by atomic mass is 10.1. The number of fused-ring (bicyclic) bond motifs is 1. The molecule has 134 valence electrons. The highest BCUT2D eigenvalue weighted by atomic mass is 32.2. The number of aryl methyl sites for hydroxylation is 1. The van der Waals surface area contributed by atoms with Gasteiger partial charge in [0.1, 0.15) is 10.6 Å². The summed E-state index contributed by atoms with van der Waals surface area (Å²) >= 11 is 0. The molecule has 0 aliphatic rings. The van der Waals surface area contributed by atoms with Crippen molar-refractivity contribution in [3.05, 3.63) is 59.7 Å². The Morgan fingerprint density at radius 2 is 1.81 bits per heavy atom. The largest absolute Gasteiger partial charge is 0.506 e. The smallest absolute Gasteiger partial charge is 0.295 e. The third-order valence-corrected chi connectivity index (χ3v) is 4.97. The first-order chi connectivity index (χ1) is 12.2. The number of carbonyl (C=O) groups is 1. The van der Waals surface area contributed by atoms with Crippen LogP contribution in [0.5, 0.6) is 5.75 Å². The van der Waals surface area contributed by atoms with Crippen molar-refractivity contribution >= 4 is 38.2 Å². The molecule has 0 saturated heterocycles. The van der Waals surface area contributed by atoms with Crippen LogP contribution in [0.15, 0.2) is 53.4 Å². The third-order valence-electron chi connectivity index (χ3n) is 4.06. The molecule has 26 heavy (non-hydrogen) atoms. The molecule has 3 rings (SSSR count). The van der Waals surface area contributed by atoms with Gasteiger partial charge in [0, 0.05) is 22.0 Å². The Hall–Kier alpha value is -3.10. The Morgan fingerprint density at radius 1 is 1.08 bits per heavy atom. The fourth-order valence-corrected chi connectivity index (χ4v) is 3.35. The van der Waals surface area contributed by atoms with E-state index in [-0.39, 0.29) is 32.7 Å². The minimum absolute atomic E-state index is 0.0390. The van der Waals surface area contributed by atoms with Crippen molar-refractivity contribution in [1.29, 1.82) is 0 Å². The number of nitrogen functional groups attached to an aromatic ring is 1. The van der Waals surface area contributed by atoms with Crippen LogP contribution in [-0.2, 0) is 10.1 Å². The zero-order valence-corrected chi connectivity index (χ0v) is 14.5. The molecule has 3 aromatic rings. The second kappa shape index (κ2) is 6.32. The van der Waals surface area contributed by atoms with Crippen molar-refractivity contribution in [2.75, 3.05) is 11.1 Å². The number of benzene rings is 3. The molecule has 0 fully saturated rings. The SMILES string of the molecule is Cc1ccc(C(=O)Nc2c(O)ccc3c(S(=O)(=O)O)cccc23)cc1N. The van der Waals surface area contributed by atoms with Crippen LogP contribution >= 0.6 is 0 Å². The molecule has 0 saturated carbocycles.